The number of carbonyl (C=O) groups is 1. The van der Waals surface area contributed by atoms with Gasteiger partial charge in [-0.2, -0.15) is 0 Å². The fraction of sp³-hybridized carbons (Fsp3) is 0.423. The maximum Gasteiger partial charge on any atom is 0.223 e. The van der Waals surface area contributed by atoms with Crippen molar-refractivity contribution in [3.05, 3.63) is 71.4 Å². The maximum atomic E-state index is 13.0. The van der Waals surface area contributed by atoms with Crippen molar-refractivity contribution < 1.29 is 9.53 Å². The molecule has 5 rings (SSSR count). The van der Waals surface area contributed by atoms with Gasteiger partial charge in [-0.3, -0.25) is 4.79 Å². The first kappa shape index (κ1) is 19.4. The molecule has 4 nitrogen and oxygen atoms in total. The molecule has 2 aromatic carbocycles. The zero-order valence-corrected chi connectivity index (χ0v) is 17.7. The average Bonchev–Trinajstić information content (AvgIpc) is 3.08. The van der Waals surface area contributed by atoms with E-state index in [1.807, 2.05) is 0 Å². The summed E-state index contributed by atoms with van der Waals surface area (Å²) in [4.78, 5) is 15.2. The minimum absolute atomic E-state index is 0.137. The molecule has 1 fully saturated rings. The van der Waals surface area contributed by atoms with E-state index in [9.17, 15) is 4.79 Å². The average molecular weight is 403 g/mol. The molecule has 0 saturated carbocycles. The van der Waals surface area contributed by atoms with Crippen molar-refractivity contribution in [3.63, 3.8) is 0 Å². The topological polar surface area (TPSA) is 34.5 Å². The monoisotopic (exact) mass is 402 g/mol. The minimum Gasteiger partial charge on any atom is -0.379 e. The number of aromatic nitrogens is 1. The Morgan fingerprint density at radius 2 is 1.87 bits per heavy atom. The van der Waals surface area contributed by atoms with Gasteiger partial charge in [-0.05, 0) is 42.9 Å². The normalized spacial score (nSPS) is 21.0. The second-order valence-corrected chi connectivity index (χ2v) is 8.59. The van der Waals surface area contributed by atoms with E-state index < -0.39 is 0 Å². The summed E-state index contributed by atoms with van der Waals surface area (Å²) >= 11 is 0. The van der Waals surface area contributed by atoms with Crippen molar-refractivity contribution in [2.45, 2.75) is 57.7 Å². The van der Waals surface area contributed by atoms with Gasteiger partial charge >= 0.3 is 0 Å². The number of rotatable bonds is 6. The quantitative estimate of drug-likeness (QED) is 0.538. The molecule has 156 valence electrons. The van der Waals surface area contributed by atoms with Crippen LogP contribution in [0.25, 0.3) is 10.9 Å². The standard InChI is InChI=1S/C26H30N2O2/c1-2-15-30-18-20-16-22-21-11-6-7-12-23(21)27(17-19-9-4-3-5-10-19)26(22)24-13-8-14-25(29)28(20)24/h3-7,9-12,20,24H,2,8,13-18H2,1H3/t20-,24+/m1/s1. The fourth-order valence-electron chi connectivity index (χ4n) is 5.38. The lowest BCUT2D eigenvalue weighted by molar-refractivity contribution is -0.142. The number of hydrogen-bond acceptors (Lipinski definition) is 2. The molecule has 30 heavy (non-hydrogen) atoms. The molecule has 2 aliphatic rings. The third-order valence-corrected chi connectivity index (χ3v) is 6.60. The summed E-state index contributed by atoms with van der Waals surface area (Å²) in [6.07, 6.45) is 4.55. The number of para-hydroxylation sites is 1. The molecule has 4 heteroatoms. The number of ether oxygens (including phenoxy) is 1. The van der Waals surface area contributed by atoms with Crippen LogP contribution in [-0.2, 0) is 22.5 Å². The largest absolute Gasteiger partial charge is 0.379 e. The molecule has 2 atom stereocenters. The van der Waals surface area contributed by atoms with Crippen molar-refractivity contribution in [2.24, 2.45) is 0 Å². The van der Waals surface area contributed by atoms with Gasteiger partial charge in [0, 0.05) is 36.2 Å². The lowest BCUT2D eigenvalue weighted by atomic mass is 9.86. The summed E-state index contributed by atoms with van der Waals surface area (Å²) < 4.78 is 8.42. The lowest BCUT2D eigenvalue weighted by Crippen LogP contribution is -2.51. The third kappa shape index (κ3) is 3.33. The van der Waals surface area contributed by atoms with E-state index in [1.165, 1.54) is 27.7 Å². The van der Waals surface area contributed by atoms with E-state index in [0.717, 1.165) is 38.8 Å². The maximum absolute atomic E-state index is 13.0. The number of amides is 1. The molecule has 1 amide bonds. The summed E-state index contributed by atoms with van der Waals surface area (Å²) in [6.45, 7) is 4.36. The summed E-state index contributed by atoms with van der Waals surface area (Å²) in [7, 11) is 0. The molecular weight excluding hydrogens is 372 g/mol. The Morgan fingerprint density at radius 1 is 1.07 bits per heavy atom. The summed E-state index contributed by atoms with van der Waals surface area (Å²) in [6, 6.07) is 19.7. The first-order valence-corrected chi connectivity index (χ1v) is 11.3. The number of benzene rings is 2. The van der Waals surface area contributed by atoms with Crippen LogP contribution in [0.2, 0.25) is 0 Å². The van der Waals surface area contributed by atoms with Crippen molar-refractivity contribution in [3.8, 4) is 0 Å². The van der Waals surface area contributed by atoms with Crippen molar-refractivity contribution >= 4 is 16.8 Å². The van der Waals surface area contributed by atoms with Gasteiger partial charge < -0.3 is 14.2 Å². The Morgan fingerprint density at radius 3 is 2.70 bits per heavy atom. The highest BCUT2D eigenvalue weighted by molar-refractivity contribution is 5.87. The summed E-state index contributed by atoms with van der Waals surface area (Å²) in [5.41, 5.74) is 5.34. The van der Waals surface area contributed by atoms with Crippen LogP contribution < -0.4 is 0 Å². The molecule has 3 heterocycles. The molecular formula is C26H30N2O2. The molecule has 0 N–H and O–H groups in total. The van der Waals surface area contributed by atoms with Gasteiger partial charge in [0.1, 0.15) is 0 Å². The van der Waals surface area contributed by atoms with E-state index in [1.54, 1.807) is 0 Å². The van der Waals surface area contributed by atoms with Crippen LogP contribution in [0.4, 0.5) is 0 Å². The zero-order chi connectivity index (χ0) is 20.5. The molecule has 0 bridgehead atoms. The number of piperidine rings is 1. The van der Waals surface area contributed by atoms with Gasteiger partial charge in [-0.15, -0.1) is 0 Å². The van der Waals surface area contributed by atoms with Gasteiger partial charge in [0.15, 0.2) is 0 Å². The van der Waals surface area contributed by atoms with Gasteiger partial charge in [0.25, 0.3) is 0 Å². The van der Waals surface area contributed by atoms with Gasteiger partial charge in [-0.1, -0.05) is 55.5 Å². The van der Waals surface area contributed by atoms with Crippen LogP contribution in [0.5, 0.6) is 0 Å². The van der Waals surface area contributed by atoms with Crippen molar-refractivity contribution in [1.29, 1.82) is 0 Å². The van der Waals surface area contributed by atoms with E-state index >= 15 is 0 Å². The zero-order valence-electron chi connectivity index (χ0n) is 17.7. The first-order chi connectivity index (χ1) is 14.8. The Labute approximate surface area is 178 Å². The second-order valence-electron chi connectivity index (χ2n) is 8.59. The number of hydrogen-bond donors (Lipinski definition) is 0. The number of carbonyl (C=O) groups excluding carboxylic acids is 1. The van der Waals surface area contributed by atoms with Crippen LogP contribution in [0, 0.1) is 0 Å². The molecule has 0 unspecified atom stereocenters. The molecule has 1 saturated heterocycles. The first-order valence-electron chi connectivity index (χ1n) is 11.3. The van der Waals surface area contributed by atoms with Crippen LogP contribution in [-0.4, -0.2) is 34.6 Å². The Kier molecular flexibility index (Phi) is 5.34. The lowest BCUT2D eigenvalue weighted by Gasteiger charge is -2.45. The molecule has 0 aliphatic carbocycles. The van der Waals surface area contributed by atoms with Crippen LogP contribution >= 0.6 is 0 Å². The third-order valence-electron chi connectivity index (χ3n) is 6.60. The van der Waals surface area contributed by atoms with E-state index in [-0.39, 0.29) is 12.1 Å². The van der Waals surface area contributed by atoms with E-state index in [4.69, 9.17) is 4.74 Å². The van der Waals surface area contributed by atoms with Gasteiger partial charge in [0.05, 0.1) is 18.7 Å². The highest BCUT2D eigenvalue weighted by atomic mass is 16.5. The predicted molar refractivity (Wildman–Crippen MR) is 120 cm³/mol. The van der Waals surface area contributed by atoms with E-state index in [0.29, 0.717) is 18.9 Å². The molecule has 0 radical (unpaired) electrons. The smallest absolute Gasteiger partial charge is 0.223 e. The van der Waals surface area contributed by atoms with Gasteiger partial charge in [-0.25, -0.2) is 0 Å². The molecule has 1 aromatic heterocycles. The van der Waals surface area contributed by atoms with Crippen LogP contribution in [0.15, 0.2) is 54.6 Å². The highest BCUT2D eigenvalue weighted by Crippen LogP contribution is 2.44. The summed E-state index contributed by atoms with van der Waals surface area (Å²) in [5, 5.41) is 1.33. The van der Waals surface area contributed by atoms with Gasteiger partial charge in [0.2, 0.25) is 5.91 Å². The fourth-order valence-corrected chi connectivity index (χ4v) is 5.38. The number of fused-ring (bicyclic) bond motifs is 5. The van der Waals surface area contributed by atoms with Crippen molar-refractivity contribution in [2.75, 3.05) is 13.2 Å². The highest BCUT2D eigenvalue weighted by Gasteiger charge is 2.42. The molecule has 0 spiro atoms. The van der Waals surface area contributed by atoms with E-state index in [2.05, 4.69) is 71.0 Å². The Balaban J connectivity index is 1.63. The Hall–Kier alpha value is -2.59. The predicted octanol–water partition coefficient (Wildman–Crippen LogP) is 5.09. The molecule has 2 aliphatic heterocycles. The van der Waals surface area contributed by atoms with Crippen LogP contribution in [0.3, 0.4) is 0 Å². The second kappa shape index (κ2) is 8.27. The summed E-state index contributed by atoms with van der Waals surface area (Å²) in [5.74, 6) is 0.290. The number of nitrogens with zero attached hydrogens (tertiary/aromatic N) is 2. The Bertz CT molecular complexity index is 1040. The molecule has 3 aromatic rings. The van der Waals surface area contributed by atoms with Crippen LogP contribution in [0.1, 0.15) is 55.5 Å². The minimum atomic E-state index is 0.137. The SMILES string of the molecule is CCCOC[C@H]1Cc2c(n(Cc3ccccc3)c3ccccc23)[C@@H]2CCCC(=O)N12. The van der Waals surface area contributed by atoms with Crippen molar-refractivity contribution in [1.82, 2.24) is 9.47 Å².